The number of nitrogens with one attached hydrogen (secondary N) is 1. The molecule has 6 nitrogen and oxygen atoms in total. The minimum Gasteiger partial charge on any atom is -0.380 e. The van der Waals surface area contributed by atoms with Gasteiger partial charge < -0.3 is 15.0 Å². The van der Waals surface area contributed by atoms with Crippen molar-refractivity contribution in [3.05, 3.63) is 18.0 Å². The van der Waals surface area contributed by atoms with E-state index in [0.717, 1.165) is 51.6 Å². The number of guanidine groups is 1. The van der Waals surface area contributed by atoms with Gasteiger partial charge in [-0.15, -0.1) is 24.0 Å². The van der Waals surface area contributed by atoms with E-state index in [-0.39, 0.29) is 24.0 Å². The molecule has 1 aromatic rings. The maximum atomic E-state index is 5.58. The first-order valence-electron chi connectivity index (χ1n) is 8.26. The third-order valence-corrected chi connectivity index (χ3v) is 4.07. The lowest BCUT2D eigenvalue weighted by Gasteiger charge is -2.21. The van der Waals surface area contributed by atoms with Crippen molar-refractivity contribution in [2.75, 3.05) is 39.9 Å². The number of aliphatic imine (C=N–C) groups is 1. The lowest BCUT2D eigenvalue weighted by atomic mass is 10.0. The van der Waals surface area contributed by atoms with Crippen LogP contribution in [-0.4, -0.2) is 60.5 Å². The zero-order valence-corrected chi connectivity index (χ0v) is 16.8. The van der Waals surface area contributed by atoms with Crippen LogP contribution in [-0.2, 0) is 11.8 Å². The van der Waals surface area contributed by atoms with Crippen LogP contribution in [0, 0.1) is 0 Å². The van der Waals surface area contributed by atoms with E-state index < -0.39 is 0 Å². The molecule has 0 bridgehead atoms. The lowest BCUT2D eigenvalue weighted by molar-refractivity contribution is 0.135. The molecular formula is C16H30IN5O. The van der Waals surface area contributed by atoms with Gasteiger partial charge in [0.15, 0.2) is 5.96 Å². The highest BCUT2D eigenvalue weighted by molar-refractivity contribution is 14.0. The zero-order valence-electron chi connectivity index (χ0n) is 14.5. The number of unbranched alkanes of at least 4 members (excludes halogenated alkanes) is 1. The van der Waals surface area contributed by atoms with Gasteiger partial charge in [0.05, 0.1) is 12.8 Å². The van der Waals surface area contributed by atoms with Gasteiger partial charge in [-0.25, -0.2) is 0 Å². The van der Waals surface area contributed by atoms with Crippen LogP contribution in [0.4, 0.5) is 0 Å². The van der Waals surface area contributed by atoms with Crippen LogP contribution in [0.5, 0.6) is 0 Å². The van der Waals surface area contributed by atoms with Crippen molar-refractivity contribution in [3.8, 4) is 0 Å². The molecule has 2 rings (SSSR count). The van der Waals surface area contributed by atoms with Crippen LogP contribution >= 0.6 is 24.0 Å². The molecular weight excluding hydrogens is 405 g/mol. The second-order valence-electron chi connectivity index (χ2n) is 5.82. The summed E-state index contributed by atoms with van der Waals surface area (Å²) in [4.78, 5) is 6.72. The van der Waals surface area contributed by atoms with Gasteiger partial charge in [0.2, 0.25) is 0 Å². The first kappa shape index (κ1) is 20.2. The third-order valence-electron chi connectivity index (χ3n) is 4.07. The van der Waals surface area contributed by atoms with Gasteiger partial charge >= 0.3 is 0 Å². The van der Waals surface area contributed by atoms with Crippen molar-refractivity contribution in [3.63, 3.8) is 0 Å². The molecule has 1 aliphatic heterocycles. The molecule has 1 atom stereocenters. The molecule has 1 aromatic heterocycles. The zero-order chi connectivity index (χ0) is 15.8. The summed E-state index contributed by atoms with van der Waals surface area (Å²) in [6.07, 6.45) is 7.56. The molecule has 2 heterocycles. The van der Waals surface area contributed by atoms with Crippen molar-refractivity contribution >= 4 is 29.9 Å². The third kappa shape index (κ3) is 6.29. The second-order valence-corrected chi connectivity index (χ2v) is 5.82. The molecule has 132 valence electrons. The van der Waals surface area contributed by atoms with Gasteiger partial charge in [-0.3, -0.25) is 9.67 Å². The molecule has 1 N–H and O–H groups in total. The minimum absolute atomic E-state index is 0. The second kappa shape index (κ2) is 10.9. The number of aryl methyl sites for hydroxylation is 1. The molecule has 0 saturated carbocycles. The van der Waals surface area contributed by atoms with Gasteiger partial charge in [0.25, 0.3) is 0 Å². The van der Waals surface area contributed by atoms with Crippen molar-refractivity contribution in [1.82, 2.24) is 20.0 Å². The first-order valence-corrected chi connectivity index (χ1v) is 8.26. The van der Waals surface area contributed by atoms with Gasteiger partial charge in [0.1, 0.15) is 0 Å². The summed E-state index contributed by atoms with van der Waals surface area (Å²) in [6, 6.07) is 0. The lowest BCUT2D eigenvalue weighted by Crippen LogP contribution is -2.41. The molecule has 0 aliphatic carbocycles. The van der Waals surface area contributed by atoms with Crippen molar-refractivity contribution < 1.29 is 4.74 Å². The maximum Gasteiger partial charge on any atom is 0.193 e. The Morgan fingerprint density at radius 1 is 1.48 bits per heavy atom. The van der Waals surface area contributed by atoms with E-state index in [1.54, 1.807) is 0 Å². The number of halogens is 1. The highest BCUT2D eigenvalue weighted by Crippen LogP contribution is 2.26. The summed E-state index contributed by atoms with van der Waals surface area (Å²) in [5, 5.41) is 7.67. The Kier molecular flexibility index (Phi) is 9.54. The fourth-order valence-corrected chi connectivity index (χ4v) is 2.79. The number of hydrogen-bond donors (Lipinski definition) is 1. The average molecular weight is 435 g/mol. The Morgan fingerprint density at radius 2 is 2.30 bits per heavy atom. The largest absolute Gasteiger partial charge is 0.380 e. The molecule has 0 spiro atoms. The summed E-state index contributed by atoms with van der Waals surface area (Å²) in [7, 11) is 3.81. The predicted octanol–water partition coefficient (Wildman–Crippen LogP) is 2.22. The normalized spacial score (nSPS) is 18.1. The van der Waals surface area contributed by atoms with Gasteiger partial charge in [0, 0.05) is 52.5 Å². The van der Waals surface area contributed by atoms with Crippen LogP contribution in [0.1, 0.15) is 37.7 Å². The number of nitrogens with zero attached hydrogens (tertiary/aromatic N) is 4. The predicted molar refractivity (Wildman–Crippen MR) is 105 cm³/mol. The van der Waals surface area contributed by atoms with Crippen LogP contribution in [0.25, 0.3) is 0 Å². The topological polar surface area (TPSA) is 54.7 Å². The Bertz CT molecular complexity index is 477. The Hall–Kier alpha value is -0.830. The molecule has 1 fully saturated rings. The molecule has 1 saturated heterocycles. The summed E-state index contributed by atoms with van der Waals surface area (Å²) in [5.74, 6) is 1.53. The Balaban J connectivity index is 0.00000264. The number of hydrogen-bond acceptors (Lipinski definition) is 3. The monoisotopic (exact) mass is 435 g/mol. The minimum atomic E-state index is 0. The van der Waals surface area contributed by atoms with E-state index in [4.69, 9.17) is 4.74 Å². The van der Waals surface area contributed by atoms with Gasteiger partial charge in [-0.2, -0.15) is 5.10 Å². The van der Waals surface area contributed by atoms with E-state index in [0.29, 0.717) is 5.92 Å². The van der Waals surface area contributed by atoms with Crippen LogP contribution in [0.15, 0.2) is 17.4 Å². The van der Waals surface area contributed by atoms with Crippen molar-refractivity contribution in [2.45, 2.75) is 32.1 Å². The summed E-state index contributed by atoms with van der Waals surface area (Å²) in [6.45, 7) is 6.61. The molecule has 0 amide bonds. The van der Waals surface area contributed by atoms with Gasteiger partial charge in [-0.1, -0.05) is 13.3 Å². The quantitative estimate of drug-likeness (QED) is 0.309. The SMILES string of the molecule is CCCCOCCNC(=NC)N1CCC(c2cnn(C)c2)C1.I. The first-order chi connectivity index (χ1) is 10.7. The molecule has 7 heteroatoms. The van der Waals surface area contributed by atoms with Crippen LogP contribution in [0.2, 0.25) is 0 Å². The Morgan fingerprint density at radius 3 is 2.96 bits per heavy atom. The average Bonchev–Trinajstić information content (AvgIpc) is 3.15. The molecule has 1 unspecified atom stereocenters. The fraction of sp³-hybridized carbons (Fsp3) is 0.750. The number of rotatable bonds is 7. The number of ether oxygens (including phenoxy) is 1. The Labute approximate surface area is 156 Å². The highest BCUT2D eigenvalue weighted by Gasteiger charge is 2.26. The van der Waals surface area contributed by atoms with E-state index in [9.17, 15) is 0 Å². The van der Waals surface area contributed by atoms with Crippen LogP contribution < -0.4 is 5.32 Å². The van der Waals surface area contributed by atoms with Crippen molar-refractivity contribution in [2.24, 2.45) is 12.0 Å². The van der Waals surface area contributed by atoms with Crippen molar-refractivity contribution in [1.29, 1.82) is 0 Å². The molecule has 0 aromatic carbocycles. The van der Waals surface area contributed by atoms with Gasteiger partial charge in [-0.05, 0) is 18.4 Å². The summed E-state index contributed by atoms with van der Waals surface area (Å²) in [5.41, 5.74) is 1.32. The number of aromatic nitrogens is 2. The number of likely N-dealkylation sites (tertiary alicyclic amines) is 1. The maximum absolute atomic E-state index is 5.58. The molecule has 23 heavy (non-hydrogen) atoms. The molecule has 0 radical (unpaired) electrons. The molecule has 1 aliphatic rings. The van der Waals surface area contributed by atoms with E-state index in [1.807, 2.05) is 25.0 Å². The van der Waals surface area contributed by atoms with E-state index in [2.05, 4.69) is 33.4 Å². The summed E-state index contributed by atoms with van der Waals surface area (Å²) >= 11 is 0. The van der Waals surface area contributed by atoms with E-state index in [1.165, 1.54) is 12.0 Å². The van der Waals surface area contributed by atoms with Crippen LogP contribution in [0.3, 0.4) is 0 Å². The van der Waals surface area contributed by atoms with E-state index >= 15 is 0 Å². The smallest absolute Gasteiger partial charge is 0.193 e. The highest BCUT2D eigenvalue weighted by atomic mass is 127. The fourth-order valence-electron chi connectivity index (χ4n) is 2.79. The standard InChI is InChI=1S/C16H29N5O.HI/c1-4-5-9-22-10-7-18-16(17-2)21-8-6-14(13-21)15-11-19-20(3)12-15;/h11-12,14H,4-10,13H2,1-3H3,(H,17,18);1H. The summed E-state index contributed by atoms with van der Waals surface area (Å²) < 4.78 is 7.45.